The topological polar surface area (TPSA) is 78.9 Å². The van der Waals surface area contributed by atoms with Crippen LogP contribution in [0.3, 0.4) is 0 Å². The molecule has 4 rings (SSSR count). The van der Waals surface area contributed by atoms with E-state index in [1.807, 2.05) is 17.5 Å². The zero-order chi connectivity index (χ0) is 20.0. The molecule has 0 unspecified atom stereocenters. The normalized spacial score (nSPS) is 11.2. The lowest BCUT2D eigenvalue weighted by Gasteiger charge is -2.11. The van der Waals surface area contributed by atoms with Crippen LogP contribution in [0.5, 0.6) is 0 Å². The standard InChI is InChI=1S/C19H15ClN4O3S/c1-22-13(7-15(25)23(2)19(22)27)8-24-10-21-17-16(18(24)26)14(9-28-17)11-3-5-12(20)6-4-11/h3-7,9-10H,8H2,1-2H3. The van der Waals surface area contributed by atoms with Gasteiger partial charge in [0, 0.05) is 41.8 Å². The van der Waals surface area contributed by atoms with Gasteiger partial charge < -0.3 is 0 Å². The molecule has 0 saturated heterocycles. The van der Waals surface area contributed by atoms with E-state index in [4.69, 9.17) is 11.6 Å². The van der Waals surface area contributed by atoms with E-state index in [9.17, 15) is 14.4 Å². The highest BCUT2D eigenvalue weighted by Crippen LogP contribution is 2.31. The van der Waals surface area contributed by atoms with Crippen molar-refractivity contribution in [3.8, 4) is 11.1 Å². The zero-order valence-electron chi connectivity index (χ0n) is 15.0. The van der Waals surface area contributed by atoms with Crippen molar-refractivity contribution in [1.29, 1.82) is 0 Å². The Morgan fingerprint density at radius 3 is 2.50 bits per heavy atom. The summed E-state index contributed by atoms with van der Waals surface area (Å²) in [4.78, 5) is 42.2. The molecule has 1 aromatic carbocycles. The van der Waals surface area contributed by atoms with Crippen molar-refractivity contribution >= 4 is 33.2 Å². The molecular weight excluding hydrogens is 400 g/mol. The summed E-state index contributed by atoms with van der Waals surface area (Å²) in [5, 5.41) is 3.01. The maximum Gasteiger partial charge on any atom is 0.330 e. The van der Waals surface area contributed by atoms with Crippen LogP contribution in [0, 0.1) is 0 Å². The lowest BCUT2D eigenvalue weighted by Crippen LogP contribution is -2.39. The molecule has 0 fully saturated rings. The van der Waals surface area contributed by atoms with Crippen LogP contribution in [0.25, 0.3) is 21.3 Å². The lowest BCUT2D eigenvalue weighted by molar-refractivity contribution is 0.616. The van der Waals surface area contributed by atoms with Crippen molar-refractivity contribution in [2.75, 3.05) is 0 Å². The van der Waals surface area contributed by atoms with Crippen LogP contribution in [0.4, 0.5) is 0 Å². The van der Waals surface area contributed by atoms with Gasteiger partial charge in [0.25, 0.3) is 11.1 Å². The van der Waals surface area contributed by atoms with Crippen molar-refractivity contribution in [3.05, 3.63) is 83.9 Å². The number of fused-ring (bicyclic) bond motifs is 1. The fraction of sp³-hybridized carbons (Fsp3) is 0.158. The predicted octanol–water partition coefficient (Wildman–Crippen LogP) is 2.22. The first-order valence-corrected chi connectivity index (χ1v) is 9.61. The van der Waals surface area contributed by atoms with E-state index in [1.165, 1.54) is 39.9 Å². The van der Waals surface area contributed by atoms with E-state index in [0.717, 1.165) is 15.7 Å². The van der Waals surface area contributed by atoms with Crippen LogP contribution in [-0.2, 0) is 20.6 Å². The summed E-state index contributed by atoms with van der Waals surface area (Å²) in [6.07, 6.45) is 1.44. The Hall–Kier alpha value is -2.97. The largest absolute Gasteiger partial charge is 0.330 e. The minimum atomic E-state index is -0.443. The van der Waals surface area contributed by atoms with Crippen LogP contribution in [0.1, 0.15) is 5.69 Å². The number of halogens is 1. The Morgan fingerprint density at radius 1 is 1.07 bits per heavy atom. The molecule has 0 saturated carbocycles. The maximum absolute atomic E-state index is 13.1. The average molecular weight is 415 g/mol. The van der Waals surface area contributed by atoms with E-state index in [1.54, 1.807) is 19.2 Å². The predicted molar refractivity (Wildman–Crippen MR) is 110 cm³/mol. The van der Waals surface area contributed by atoms with Gasteiger partial charge in [0.15, 0.2) is 0 Å². The molecule has 0 aliphatic rings. The number of benzene rings is 1. The first kappa shape index (κ1) is 18.4. The third kappa shape index (κ3) is 3.00. The third-order valence-corrected chi connectivity index (χ3v) is 5.81. The number of aromatic nitrogens is 4. The summed E-state index contributed by atoms with van der Waals surface area (Å²) in [6.45, 7) is 0.0689. The smallest absolute Gasteiger partial charge is 0.299 e. The van der Waals surface area contributed by atoms with Crippen LogP contribution in [-0.4, -0.2) is 18.7 Å². The lowest BCUT2D eigenvalue weighted by atomic mass is 10.1. The summed E-state index contributed by atoms with van der Waals surface area (Å²) in [5.74, 6) is 0. The van der Waals surface area contributed by atoms with Gasteiger partial charge in [-0.1, -0.05) is 23.7 Å². The summed E-state index contributed by atoms with van der Waals surface area (Å²) < 4.78 is 3.78. The second-order valence-electron chi connectivity index (χ2n) is 6.39. The molecule has 142 valence electrons. The fourth-order valence-electron chi connectivity index (χ4n) is 3.03. The van der Waals surface area contributed by atoms with Gasteiger partial charge in [-0.15, -0.1) is 11.3 Å². The number of nitrogens with zero attached hydrogens (tertiary/aromatic N) is 4. The Labute approximate surface area is 167 Å². The minimum Gasteiger partial charge on any atom is -0.299 e. The van der Waals surface area contributed by atoms with Crippen LogP contribution >= 0.6 is 22.9 Å². The monoisotopic (exact) mass is 414 g/mol. The Morgan fingerprint density at radius 2 is 1.79 bits per heavy atom. The van der Waals surface area contributed by atoms with E-state index < -0.39 is 11.2 Å². The van der Waals surface area contributed by atoms with Gasteiger partial charge in [-0.3, -0.25) is 23.3 Å². The molecule has 0 atom stereocenters. The van der Waals surface area contributed by atoms with Gasteiger partial charge in [0.2, 0.25) is 0 Å². The summed E-state index contributed by atoms with van der Waals surface area (Å²) >= 11 is 7.35. The molecule has 0 spiro atoms. The molecule has 0 aliphatic heterocycles. The molecule has 28 heavy (non-hydrogen) atoms. The number of hydrogen-bond acceptors (Lipinski definition) is 5. The zero-order valence-corrected chi connectivity index (χ0v) is 16.6. The highest BCUT2D eigenvalue weighted by atomic mass is 35.5. The molecule has 9 heteroatoms. The van der Waals surface area contributed by atoms with Gasteiger partial charge in [-0.2, -0.15) is 0 Å². The SMILES string of the molecule is Cn1c(Cn2cnc3scc(-c4ccc(Cl)cc4)c3c2=O)cc(=O)n(C)c1=O. The summed E-state index contributed by atoms with van der Waals surface area (Å²) in [6, 6.07) is 8.60. The van der Waals surface area contributed by atoms with Gasteiger partial charge in [-0.05, 0) is 17.7 Å². The molecule has 7 nitrogen and oxygen atoms in total. The van der Waals surface area contributed by atoms with Crippen LogP contribution in [0.15, 0.2) is 56.4 Å². The highest BCUT2D eigenvalue weighted by Gasteiger charge is 2.15. The molecular formula is C19H15ClN4O3S. The maximum atomic E-state index is 13.1. The molecule has 3 heterocycles. The molecule has 0 bridgehead atoms. The van der Waals surface area contributed by atoms with Crippen molar-refractivity contribution in [3.63, 3.8) is 0 Å². The van der Waals surface area contributed by atoms with Crippen molar-refractivity contribution in [2.45, 2.75) is 6.54 Å². The van der Waals surface area contributed by atoms with E-state index in [0.29, 0.717) is 20.9 Å². The Balaban J connectivity index is 1.86. The molecule has 3 aromatic heterocycles. The molecule has 0 aliphatic carbocycles. The second kappa shape index (κ2) is 6.88. The van der Waals surface area contributed by atoms with Crippen molar-refractivity contribution < 1.29 is 0 Å². The highest BCUT2D eigenvalue weighted by molar-refractivity contribution is 7.17. The Kier molecular flexibility index (Phi) is 4.52. The number of rotatable bonds is 3. The first-order valence-electron chi connectivity index (χ1n) is 8.35. The summed E-state index contributed by atoms with van der Waals surface area (Å²) in [7, 11) is 2.98. The van der Waals surface area contributed by atoms with Crippen molar-refractivity contribution in [2.24, 2.45) is 14.1 Å². The van der Waals surface area contributed by atoms with Gasteiger partial charge in [0.1, 0.15) is 4.83 Å². The Bertz CT molecular complexity index is 1380. The van der Waals surface area contributed by atoms with Crippen LogP contribution < -0.4 is 16.8 Å². The van der Waals surface area contributed by atoms with Crippen LogP contribution in [0.2, 0.25) is 5.02 Å². The van der Waals surface area contributed by atoms with E-state index >= 15 is 0 Å². The van der Waals surface area contributed by atoms with Gasteiger partial charge in [0.05, 0.1) is 18.3 Å². The summed E-state index contributed by atoms with van der Waals surface area (Å²) in [5.41, 5.74) is 0.984. The molecule has 0 radical (unpaired) electrons. The number of thiophene rings is 1. The first-order chi connectivity index (χ1) is 13.4. The van der Waals surface area contributed by atoms with Crippen molar-refractivity contribution in [1.82, 2.24) is 18.7 Å². The quantitative estimate of drug-likeness (QED) is 0.515. The van der Waals surface area contributed by atoms with Gasteiger partial charge >= 0.3 is 5.69 Å². The fourth-order valence-corrected chi connectivity index (χ4v) is 4.06. The van der Waals surface area contributed by atoms with E-state index in [-0.39, 0.29) is 12.1 Å². The van der Waals surface area contributed by atoms with E-state index in [2.05, 4.69) is 4.98 Å². The average Bonchev–Trinajstić information content (AvgIpc) is 3.12. The number of hydrogen-bond donors (Lipinski definition) is 0. The second-order valence-corrected chi connectivity index (χ2v) is 7.68. The minimum absolute atomic E-state index is 0.0689. The van der Waals surface area contributed by atoms with Gasteiger partial charge in [-0.25, -0.2) is 9.78 Å². The third-order valence-electron chi connectivity index (χ3n) is 4.67. The molecule has 0 amide bonds. The molecule has 0 N–H and O–H groups in total. The molecule has 4 aromatic rings.